The molecule has 1 rings (SSSR count). The molecule has 1 aromatic rings. The van der Waals surface area contributed by atoms with Gasteiger partial charge in [-0.15, -0.1) is 0 Å². The van der Waals surface area contributed by atoms with E-state index in [1.54, 1.807) is 37.8 Å². The molecule has 0 spiro atoms. The first-order valence-electron chi connectivity index (χ1n) is 4.47. The molecule has 0 atom stereocenters. The molecule has 1 aromatic heterocycles. The monoisotopic (exact) mass is 196 g/mol. The van der Waals surface area contributed by atoms with E-state index in [9.17, 15) is 4.79 Å². The van der Waals surface area contributed by atoms with Gasteiger partial charge in [-0.2, -0.15) is 5.10 Å². The maximum Gasteiger partial charge on any atom is 0.232 e. The van der Waals surface area contributed by atoms with Gasteiger partial charge in [-0.1, -0.05) is 0 Å². The van der Waals surface area contributed by atoms with E-state index in [0.717, 1.165) is 0 Å². The topological polar surface area (TPSA) is 72.9 Å². The van der Waals surface area contributed by atoms with Gasteiger partial charge in [0, 0.05) is 25.9 Å². The van der Waals surface area contributed by atoms with Crippen molar-refractivity contribution in [2.75, 3.05) is 11.9 Å². The van der Waals surface area contributed by atoms with E-state index in [1.807, 2.05) is 0 Å². The fourth-order valence-corrected chi connectivity index (χ4v) is 0.860. The van der Waals surface area contributed by atoms with Crippen LogP contribution in [0.5, 0.6) is 0 Å². The van der Waals surface area contributed by atoms with E-state index < -0.39 is 5.41 Å². The third-order valence-corrected chi connectivity index (χ3v) is 2.08. The van der Waals surface area contributed by atoms with Crippen LogP contribution in [0.25, 0.3) is 0 Å². The Labute approximate surface area is 83.3 Å². The van der Waals surface area contributed by atoms with E-state index in [2.05, 4.69) is 10.4 Å². The SMILES string of the molecule is Cn1ccc(NC(=O)C(C)(C)CN)n1. The first-order valence-corrected chi connectivity index (χ1v) is 4.47. The molecule has 0 aromatic carbocycles. The van der Waals surface area contributed by atoms with Crippen molar-refractivity contribution < 1.29 is 4.79 Å². The van der Waals surface area contributed by atoms with E-state index in [-0.39, 0.29) is 5.91 Å². The highest BCUT2D eigenvalue weighted by atomic mass is 16.2. The standard InChI is InChI=1S/C9H16N4O/c1-9(2,6-10)8(14)11-7-4-5-13(3)12-7/h4-5H,6,10H2,1-3H3,(H,11,12,14). The van der Waals surface area contributed by atoms with Crippen molar-refractivity contribution in [2.24, 2.45) is 18.2 Å². The molecule has 5 nitrogen and oxygen atoms in total. The second kappa shape index (κ2) is 3.79. The lowest BCUT2D eigenvalue weighted by Crippen LogP contribution is -2.37. The largest absolute Gasteiger partial charge is 0.329 e. The number of nitrogens with two attached hydrogens (primary N) is 1. The Bertz CT molecular complexity index is 329. The highest BCUT2D eigenvalue weighted by Crippen LogP contribution is 2.15. The number of carbonyl (C=O) groups excluding carboxylic acids is 1. The zero-order valence-corrected chi connectivity index (χ0v) is 8.74. The van der Waals surface area contributed by atoms with Crippen molar-refractivity contribution >= 4 is 11.7 Å². The molecule has 14 heavy (non-hydrogen) atoms. The molecule has 5 heteroatoms. The molecule has 3 N–H and O–H groups in total. The van der Waals surface area contributed by atoms with Gasteiger partial charge in [-0.3, -0.25) is 9.48 Å². The molecule has 78 valence electrons. The molecule has 0 radical (unpaired) electrons. The summed E-state index contributed by atoms with van der Waals surface area (Å²) in [4.78, 5) is 11.6. The lowest BCUT2D eigenvalue weighted by Gasteiger charge is -2.20. The number of aryl methyl sites for hydroxylation is 1. The summed E-state index contributed by atoms with van der Waals surface area (Å²) >= 11 is 0. The fourth-order valence-electron chi connectivity index (χ4n) is 0.860. The number of rotatable bonds is 3. The summed E-state index contributed by atoms with van der Waals surface area (Å²) in [7, 11) is 1.80. The fraction of sp³-hybridized carbons (Fsp3) is 0.556. The first-order chi connectivity index (χ1) is 6.45. The third kappa shape index (κ3) is 2.32. The third-order valence-electron chi connectivity index (χ3n) is 2.08. The summed E-state index contributed by atoms with van der Waals surface area (Å²) in [6, 6.07) is 1.74. The Hall–Kier alpha value is -1.36. The zero-order valence-electron chi connectivity index (χ0n) is 8.74. The summed E-state index contributed by atoms with van der Waals surface area (Å²) in [6.07, 6.45) is 1.77. The van der Waals surface area contributed by atoms with Crippen molar-refractivity contribution in [2.45, 2.75) is 13.8 Å². The molecule has 0 saturated carbocycles. The average molecular weight is 196 g/mol. The van der Waals surface area contributed by atoms with Gasteiger partial charge in [-0.25, -0.2) is 0 Å². The summed E-state index contributed by atoms with van der Waals surface area (Å²) in [5.41, 5.74) is 4.92. The quantitative estimate of drug-likeness (QED) is 0.732. The number of anilines is 1. The molecule has 1 heterocycles. The maximum absolute atomic E-state index is 11.6. The lowest BCUT2D eigenvalue weighted by molar-refractivity contribution is -0.123. The Morgan fingerprint density at radius 2 is 2.36 bits per heavy atom. The number of hydrogen-bond donors (Lipinski definition) is 2. The Morgan fingerprint density at radius 1 is 1.71 bits per heavy atom. The predicted octanol–water partition coefficient (Wildman–Crippen LogP) is 0.343. The smallest absolute Gasteiger partial charge is 0.232 e. The Morgan fingerprint density at radius 3 is 2.79 bits per heavy atom. The summed E-state index contributed by atoms with van der Waals surface area (Å²) in [5.74, 6) is 0.442. The van der Waals surface area contributed by atoms with Crippen LogP contribution in [0.15, 0.2) is 12.3 Å². The second-order valence-electron chi connectivity index (χ2n) is 3.92. The normalized spacial score (nSPS) is 11.4. The average Bonchev–Trinajstić information content (AvgIpc) is 2.51. The van der Waals surface area contributed by atoms with Gasteiger partial charge in [0.2, 0.25) is 5.91 Å². The first kappa shape index (κ1) is 10.7. The van der Waals surface area contributed by atoms with Crippen LogP contribution in [0.2, 0.25) is 0 Å². The highest BCUT2D eigenvalue weighted by Gasteiger charge is 2.26. The van der Waals surface area contributed by atoms with Crippen LogP contribution < -0.4 is 11.1 Å². The summed E-state index contributed by atoms with van der Waals surface area (Å²) in [5, 5.41) is 6.75. The van der Waals surface area contributed by atoms with Crippen LogP contribution in [0.4, 0.5) is 5.82 Å². The number of carbonyl (C=O) groups is 1. The van der Waals surface area contributed by atoms with Crippen molar-refractivity contribution in [3.63, 3.8) is 0 Å². The van der Waals surface area contributed by atoms with Crippen molar-refractivity contribution in [1.29, 1.82) is 0 Å². The molecule has 0 saturated heterocycles. The van der Waals surface area contributed by atoms with E-state index in [1.165, 1.54) is 0 Å². The molecular weight excluding hydrogens is 180 g/mol. The minimum Gasteiger partial charge on any atom is -0.329 e. The molecule has 0 aliphatic carbocycles. The second-order valence-corrected chi connectivity index (χ2v) is 3.92. The van der Waals surface area contributed by atoms with Gasteiger partial charge < -0.3 is 11.1 Å². The molecule has 0 aliphatic rings. The molecule has 0 aliphatic heterocycles. The van der Waals surface area contributed by atoms with Gasteiger partial charge in [0.15, 0.2) is 5.82 Å². The number of aromatic nitrogens is 2. The van der Waals surface area contributed by atoms with Crippen molar-refractivity contribution in [3.8, 4) is 0 Å². The van der Waals surface area contributed by atoms with Crippen LogP contribution in [0, 0.1) is 5.41 Å². The zero-order chi connectivity index (χ0) is 10.8. The summed E-state index contributed by atoms with van der Waals surface area (Å²) in [6.45, 7) is 3.90. The molecular formula is C9H16N4O. The number of amides is 1. The van der Waals surface area contributed by atoms with Gasteiger partial charge in [0.05, 0.1) is 5.41 Å². The van der Waals surface area contributed by atoms with Gasteiger partial charge >= 0.3 is 0 Å². The number of nitrogens with zero attached hydrogens (tertiary/aromatic N) is 2. The molecule has 0 unspecified atom stereocenters. The molecule has 1 amide bonds. The predicted molar refractivity (Wildman–Crippen MR) is 54.7 cm³/mol. The Balaban J connectivity index is 2.66. The van der Waals surface area contributed by atoms with Crippen LogP contribution in [0.3, 0.4) is 0 Å². The van der Waals surface area contributed by atoms with Gasteiger partial charge in [-0.05, 0) is 13.8 Å². The maximum atomic E-state index is 11.6. The Kier molecular flexibility index (Phi) is 2.90. The van der Waals surface area contributed by atoms with Crippen LogP contribution in [0.1, 0.15) is 13.8 Å². The van der Waals surface area contributed by atoms with E-state index >= 15 is 0 Å². The lowest BCUT2D eigenvalue weighted by atomic mass is 9.93. The van der Waals surface area contributed by atoms with E-state index in [0.29, 0.717) is 12.4 Å². The van der Waals surface area contributed by atoms with Gasteiger partial charge in [0.1, 0.15) is 0 Å². The minimum absolute atomic E-state index is 0.112. The van der Waals surface area contributed by atoms with Crippen molar-refractivity contribution in [1.82, 2.24) is 9.78 Å². The highest BCUT2D eigenvalue weighted by molar-refractivity contribution is 5.94. The molecule has 0 fully saturated rings. The van der Waals surface area contributed by atoms with Crippen molar-refractivity contribution in [3.05, 3.63) is 12.3 Å². The van der Waals surface area contributed by atoms with Crippen LogP contribution in [-0.2, 0) is 11.8 Å². The number of nitrogens with one attached hydrogen (secondary N) is 1. The van der Waals surface area contributed by atoms with Crippen LogP contribution in [-0.4, -0.2) is 22.2 Å². The van der Waals surface area contributed by atoms with Gasteiger partial charge in [0.25, 0.3) is 0 Å². The summed E-state index contributed by atoms with van der Waals surface area (Å²) < 4.78 is 1.63. The van der Waals surface area contributed by atoms with Crippen LogP contribution >= 0.6 is 0 Å². The minimum atomic E-state index is -0.558. The molecule has 0 bridgehead atoms. The number of hydrogen-bond acceptors (Lipinski definition) is 3. The van der Waals surface area contributed by atoms with E-state index in [4.69, 9.17) is 5.73 Å².